The fourth-order valence-electron chi connectivity index (χ4n) is 2.10. The van der Waals surface area contributed by atoms with Crippen molar-refractivity contribution in [3.05, 3.63) is 21.9 Å². The Morgan fingerprint density at radius 3 is 3.06 bits per heavy atom. The van der Waals surface area contributed by atoms with Crippen LogP contribution in [0, 0.1) is 0 Å². The molecule has 0 saturated carbocycles. The molecule has 2 rings (SSSR count). The van der Waals surface area contributed by atoms with E-state index in [1.54, 1.807) is 0 Å². The number of ether oxygens (including phenoxy) is 1. The Labute approximate surface area is 107 Å². The fourth-order valence-corrected chi connectivity index (χ4v) is 3.40. The molecule has 1 aliphatic rings. The first-order chi connectivity index (χ1) is 7.79. The van der Waals surface area contributed by atoms with Gasteiger partial charge in [0.05, 0.1) is 11.5 Å². The van der Waals surface area contributed by atoms with Gasteiger partial charge >= 0.3 is 0 Å². The first kappa shape index (κ1) is 12.4. The van der Waals surface area contributed by atoms with Crippen molar-refractivity contribution in [2.24, 2.45) is 0 Å². The van der Waals surface area contributed by atoms with Crippen molar-refractivity contribution in [1.82, 2.24) is 0 Å². The summed E-state index contributed by atoms with van der Waals surface area (Å²) in [7, 11) is 0. The number of halogens is 1. The molecule has 3 heteroatoms. The Kier molecular flexibility index (Phi) is 4.68. The molecule has 0 bridgehead atoms. The molecule has 1 aromatic rings. The SMILES string of the molecule is CCc1ccc(C(Cl)CCC2CCCO2)s1. The second-order valence-corrected chi connectivity index (χ2v) is 6.06. The molecule has 0 aliphatic carbocycles. The number of rotatable bonds is 5. The van der Waals surface area contributed by atoms with Crippen LogP contribution in [0.2, 0.25) is 0 Å². The van der Waals surface area contributed by atoms with E-state index in [9.17, 15) is 0 Å². The van der Waals surface area contributed by atoms with Crippen LogP contribution in [0.5, 0.6) is 0 Å². The van der Waals surface area contributed by atoms with Gasteiger partial charge in [-0.3, -0.25) is 0 Å². The van der Waals surface area contributed by atoms with Crippen LogP contribution >= 0.6 is 22.9 Å². The average Bonchev–Trinajstić information content (AvgIpc) is 2.96. The van der Waals surface area contributed by atoms with Gasteiger partial charge in [-0.2, -0.15) is 0 Å². The Bertz CT molecular complexity index is 317. The monoisotopic (exact) mass is 258 g/mol. The summed E-state index contributed by atoms with van der Waals surface area (Å²) in [4.78, 5) is 2.74. The van der Waals surface area contributed by atoms with Crippen molar-refractivity contribution in [1.29, 1.82) is 0 Å². The molecule has 16 heavy (non-hydrogen) atoms. The van der Waals surface area contributed by atoms with Crippen LogP contribution in [0.3, 0.4) is 0 Å². The molecule has 1 aromatic heterocycles. The maximum Gasteiger partial charge on any atom is 0.0679 e. The molecule has 2 unspecified atom stereocenters. The lowest BCUT2D eigenvalue weighted by Gasteiger charge is -2.11. The number of aryl methyl sites for hydroxylation is 1. The highest BCUT2D eigenvalue weighted by atomic mass is 35.5. The summed E-state index contributed by atoms with van der Waals surface area (Å²) in [6.07, 6.45) is 6.15. The minimum absolute atomic E-state index is 0.175. The van der Waals surface area contributed by atoms with E-state index in [-0.39, 0.29) is 5.38 Å². The Morgan fingerprint density at radius 2 is 2.44 bits per heavy atom. The number of hydrogen-bond acceptors (Lipinski definition) is 2. The molecule has 1 fully saturated rings. The van der Waals surface area contributed by atoms with E-state index in [1.807, 2.05) is 11.3 Å². The fraction of sp³-hybridized carbons (Fsp3) is 0.692. The zero-order valence-electron chi connectivity index (χ0n) is 9.75. The van der Waals surface area contributed by atoms with Crippen molar-refractivity contribution in [2.45, 2.75) is 50.5 Å². The largest absolute Gasteiger partial charge is 0.378 e. The van der Waals surface area contributed by atoms with Crippen molar-refractivity contribution in [3.8, 4) is 0 Å². The quantitative estimate of drug-likeness (QED) is 0.704. The summed E-state index contributed by atoms with van der Waals surface area (Å²) in [5.74, 6) is 0. The molecular formula is C13H19ClOS. The van der Waals surface area contributed by atoms with E-state index in [0.29, 0.717) is 6.10 Å². The molecule has 0 amide bonds. The molecule has 0 N–H and O–H groups in total. The second-order valence-electron chi connectivity index (χ2n) is 4.34. The van der Waals surface area contributed by atoms with E-state index in [4.69, 9.17) is 16.3 Å². The van der Waals surface area contributed by atoms with Gasteiger partial charge in [-0.05, 0) is 44.2 Å². The van der Waals surface area contributed by atoms with Crippen molar-refractivity contribution < 1.29 is 4.74 Å². The third-order valence-electron chi connectivity index (χ3n) is 3.11. The lowest BCUT2D eigenvalue weighted by molar-refractivity contribution is 0.102. The second kappa shape index (κ2) is 6.04. The third kappa shape index (κ3) is 3.22. The molecular weight excluding hydrogens is 240 g/mol. The van der Waals surface area contributed by atoms with Crippen LogP contribution in [0.15, 0.2) is 12.1 Å². The number of hydrogen-bond donors (Lipinski definition) is 0. The summed E-state index contributed by atoms with van der Waals surface area (Å²) in [6, 6.07) is 4.37. The molecule has 2 atom stereocenters. The molecule has 2 heterocycles. The zero-order chi connectivity index (χ0) is 11.4. The van der Waals surface area contributed by atoms with Crippen LogP contribution in [-0.2, 0) is 11.2 Å². The Balaban J connectivity index is 1.80. The lowest BCUT2D eigenvalue weighted by atomic mass is 10.1. The van der Waals surface area contributed by atoms with Crippen LogP contribution in [0.4, 0.5) is 0 Å². The summed E-state index contributed by atoms with van der Waals surface area (Å²) >= 11 is 8.26. The third-order valence-corrected chi connectivity index (χ3v) is 5.03. The maximum atomic E-state index is 6.41. The van der Waals surface area contributed by atoms with Gasteiger partial charge in [0.1, 0.15) is 0 Å². The van der Waals surface area contributed by atoms with E-state index >= 15 is 0 Å². The molecule has 90 valence electrons. The molecule has 1 nitrogen and oxygen atoms in total. The summed E-state index contributed by atoms with van der Waals surface area (Å²) in [6.45, 7) is 3.13. The maximum absolute atomic E-state index is 6.41. The van der Waals surface area contributed by atoms with Crippen molar-refractivity contribution >= 4 is 22.9 Å². The van der Waals surface area contributed by atoms with E-state index in [2.05, 4.69) is 19.1 Å². The standard InChI is InChI=1S/C13H19ClOS/c1-2-11-6-8-13(16-11)12(14)7-5-10-4-3-9-15-10/h6,8,10,12H,2-5,7,9H2,1H3. The molecule has 0 radical (unpaired) electrons. The molecule has 0 aromatic carbocycles. The summed E-state index contributed by atoms with van der Waals surface area (Å²) in [5, 5.41) is 0.175. The summed E-state index contributed by atoms with van der Waals surface area (Å²) in [5.41, 5.74) is 0. The summed E-state index contributed by atoms with van der Waals surface area (Å²) < 4.78 is 5.61. The number of alkyl halides is 1. The van der Waals surface area contributed by atoms with Crippen LogP contribution < -0.4 is 0 Å². The van der Waals surface area contributed by atoms with E-state index < -0.39 is 0 Å². The normalized spacial score (nSPS) is 22.5. The first-order valence-electron chi connectivity index (χ1n) is 6.14. The predicted octanol–water partition coefficient (Wildman–Crippen LogP) is 4.55. The smallest absolute Gasteiger partial charge is 0.0679 e. The van der Waals surface area contributed by atoms with Gasteiger partial charge in [-0.1, -0.05) is 6.92 Å². The van der Waals surface area contributed by atoms with Gasteiger partial charge in [-0.25, -0.2) is 0 Å². The minimum Gasteiger partial charge on any atom is -0.378 e. The predicted molar refractivity (Wildman–Crippen MR) is 70.5 cm³/mol. The van der Waals surface area contributed by atoms with Gasteiger partial charge in [-0.15, -0.1) is 22.9 Å². The van der Waals surface area contributed by atoms with Crippen LogP contribution in [0.25, 0.3) is 0 Å². The Hall–Kier alpha value is -0.0500. The van der Waals surface area contributed by atoms with E-state index in [1.165, 1.54) is 22.6 Å². The van der Waals surface area contributed by atoms with Gasteiger partial charge in [0.25, 0.3) is 0 Å². The molecule has 1 aliphatic heterocycles. The molecule has 1 saturated heterocycles. The Morgan fingerprint density at radius 1 is 1.56 bits per heavy atom. The van der Waals surface area contributed by atoms with Gasteiger partial charge in [0.2, 0.25) is 0 Å². The molecule has 0 spiro atoms. The zero-order valence-corrected chi connectivity index (χ0v) is 11.3. The highest BCUT2D eigenvalue weighted by molar-refractivity contribution is 7.12. The van der Waals surface area contributed by atoms with Crippen molar-refractivity contribution in [2.75, 3.05) is 6.61 Å². The van der Waals surface area contributed by atoms with Crippen LogP contribution in [0.1, 0.15) is 47.7 Å². The highest BCUT2D eigenvalue weighted by Gasteiger charge is 2.18. The van der Waals surface area contributed by atoms with E-state index in [0.717, 1.165) is 25.9 Å². The topological polar surface area (TPSA) is 9.23 Å². The highest BCUT2D eigenvalue weighted by Crippen LogP contribution is 2.33. The first-order valence-corrected chi connectivity index (χ1v) is 7.39. The van der Waals surface area contributed by atoms with Gasteiger partial charge < -0.3 is 4.74 Å². The van der Waals surface area contributed by atoms with Crippen LogP contribution in [-0.4, -0.2) is 12.7 Å². The van der Waals surface area contributed by atoms with Crippen molar-refractivity contribution in [3.63, 3.8) is 0 Å². The lowest BCUT2D eigenvalue weighted by Crippen LogP contribution is -2.05. The van der Waals surface area contributed by atoms with Gasteiger partial charge in [0, 0.05) is 16.4 Å². The van der Waals surface area contributed by atoms with Gasteiger partial charge in [0.15, 0.2) is 0 Å². The number of thiophene rings is 1. The minimum atomic E-state index is 0.175. The average molecular weight is 259 g/mol.